The molecule has 1 N–H and O–H groups in total. The summed E-state index contributed by atoms with van der Waals surface area (Å²) in [5.74, 6) is 0.752. The topological polar surface area (TPSA) is 63.3 Å². The molecule has 0 bridgehead atoms. The molecule has 0 aromatic heterocycles. The molecule has 3 aromatic rings. The van der Waals surface area contributed by atoms with Gasteiger partial charge in [0.25, 0.3) is 0 Å². The van der Waals surface area contributed by atoms with Gasteiger partial charge in [0.05, 0.1) is 32.8 Å². The Morgan fingerprint density at radius 3 is 2.53 bits per heavy atom. The molecule has 1 fully saturated rings. The molecule has 7 nitrogen and oxygen atoms in total. The molecule has 0 spiro atoms. The van der Waals surface area contributed by atoms with Gasteiger partial charge in [-0.25, -0.2) is 5.48 Å². The zero-order chi connectivity index (χ0) is 26.2. The van der Waals surface area contributed by atoms with E-state index in [4.69, 9.17) is 14.3 Å². The van der Waals surface area contributed by atoms with Gasteiger partial charge in [0.2, 0.25) is 5.91 Å². The summed E-state index contributed by atoms with van der Waals surface area (Å²) < 4.78 is 11.5. The maximum absolute atomic E-state index is 12.4. The van der Waals surface area contributed by atoms with Crippen LogP contribution in [0.15, 0.2) is 72.8 Å². The Morgan fingerprint density at radius 2 is 1.76 bits per heavy atom. The van der Waals surface area contributed by atoms with Gasteiger partial charge in [0.15, 0.2) is 0 Å². The fraction of sp³-hybridized carbons (Fsp3) is 0.387. The van der Waals surface area contributed by atoms with E-state index in [0.717, 1.165) is 69.0 Å². The predicted octanol–water partition coefficient (Wildman–Crippen LogP) is 4.31. The molecule has 2 aliphatic heterocycles. The largest absolute Gasteiger partial charge is 0.497 e. The number of ether oxygens (including phenoxy) is 2. The van der Waals surface area contributed by atoms with Crippen molar-refractivity contribution >= 4 is 11.6 Å². The molecule has 1 unspecified atom stereocenters. The molecule has 0 saturated carbocycles. The van der Waals surface area contributed by atoms with E-state index in [1.807, 2.05) is 48.5 Å². The average molecular weight is 516 g/mol. The fourth-order valence-electron chi connectivity index (χ4n) is 5.26. The molecule has 5 rings (SSSR count). The van der Waals surface area contributed by atoms with Crippen molar-refractivity contribution < 1.29 is 19.1 Å². The van der Waals surface area contributed by atoms with E-state index in [-0.39, 0.29) is 12.0 Å². The highest BCUT2D eigenvalue weighted by molar-refractivity contribution is 5.77. The second kappa shape index (κ2) is 12.9. The van der Waals surface area contributed by atoms with Crippen LogP contribution in [0, 0.1) is 0 Å². The number of anilines is 1. The zero-order valence-corrected chi connectivity index (χ0v) is 22.1. The summed E-state index contributed by atoms with van der Waals surface area (Å²) >= 11 is 0. The van der Waals surface area contributed by atoms with Crippen molar-refractivity contribution in [2.24, 2.45) is 0 Å². The summed E-state index contributed by atoms with van der Waals surface area (Å²) in [7, 11) is 1.70. The number of piperazine rings is 1. The molecule has 38 heavy (non-hydrogen) atoms. The van der Waals surface area contributed by atoms with Crippen molar-refractivity contribution in [2.45, 2.75) is 32.0 Å². The summed E-state index contributed by atoms with van der Waals surface area (Å²) in [6.45, 7) is 6.23. The molecular weight excluding hydrogens is 478 g/mol. The van der Waals surface area contributed by atoms with Crippen molar-refractivity contribution in [3.05, 3.63) is 95.1 Å². The SMILES string of the molecule is COc1ccc(N2CCN(CCC3OCCc4cc(CC(=O)NOCc5ccccc5)ccc43)CC2)cc1. The van der Waals surface area contributed by atoms with Crippen LogP contribution < -0.4 is 15.1 Å². The van der Waals surface area contributed by atoms with Gasteiger partial charge in [-0.3, -0.25) is 14.5 Å². The van der Waals surface area contributed by atoms with Crippen LogP contribution in [0.4, 0.5) is 5.69 Å². The number of rotatable bonds is 10. The monoisotopic (exact) mass is 515 g/mol. The highest BCUT2D eigenvalue weighted by Gasteiger charge is 2.24. The molecular formula is C31H37N3O4. The van der Waals surface area contributed by atoms with Crippen molar-refractivity contribution in [2.75, 3.05) is 51.3 Å². The van der Waals surface area contributed by atoms with Gasteiger partial charge in [-0.15, -0.1) is 0 Å². The Kier molecular flexibility index (Phi) is 8.91. The third-order valence-electron chi connectivity index (χ3n) is 7.39. The van der Waals surface area contributed by atoms with E-state index in [1.165, 1.54) is 16.8 Å². The molecule has 7 heteroatoms. The Morgan fingerprint density at radius 1 is 0.974 bits per heavy atom. The minimum Gasteiger partial charge on any atom is -0.497 e. The molecule has 3 aromatic carbocycles. The van der Waals surface area contributed by atoms with E-state index in [2.05, 4.69) is 39.5 Å². The lowest BCUT2D eigenvalue weighted by Gasteiger charge is -2.37. The minimum atomic E-state index is -0.140. The van der Waals surface area contributed by atoms with Gasteiger partial charge in [-0.2, -0.15) is 0 Å². The van der Waals surface area contributed by atoms with Gasteiger partial charge in [-0.1, -0.05) is 48.5 Å². The van der Waals surface area contributed by atoms with E-state index < -0.39 is 0 Å². The predicted molar refractivity (Wildman–Crippen MR) is 148 cm³/mol. The Balaban J connectivity index is 1.07. The summed E-state index contributed by atoms with van der Waals surface area (Å²) in [5, 5.41) is 0. The van der Waals surface area contributed by atoms with Crippen molar-refractivity contribution in [3.63, 3.8) is 0 Å². The van der Waals surface area contributed by atoms with Gasteiger partial charge in [0.1, 0.15) is 5.75 Å². The molecule has 1 atom stereocenters. The summed E-state index contributed by atoms with van der Waals surface area (Å²) in [4.78, 5) is 22.7. The number of amides is 1. The van der Waals surface area contributed by atoms with Crippen LogP contribution in [0.1, 0.15) is 34.8 Å². The maximum atomic E-state index is 12.4. The molecule has 1 amide bonds. The first-order valence-electron chi connectivity index (χ1n) is 13.5. The molecule has 2 heterocycles. The zero-order valence-electron chi connectivity index (χ0n) is 22.1. The van der Waals surface area contributed by atoms with Gasteiger partial charge < -0.3 is 14.4 Å². The highest BCUT2D eigenvalue weighted by atomic mass is 16.6. The number of carbonyl (C=O) groups excluding carboxylic acids is 1. The number of hydrogen-bond acceptors (Lipinski definition) is 6. The van der Waals surface area contributed by atoms with Crippen LogP contribution >= 0.6 is 0 Å². The third kappa shape index (κ3) is 6.92. The van der Waals surface area contributed by atoms with Crippen LogP contribution in [0.3, 0.4) is 0 Å². The summed E-state index contributed by atoms with van der Waals surface area (Å²) in [5.41, 5.74) is 8.39. The lowest BCUT2D eigenvalue weighted by Crippen LogP contribution is -2.46. The van der Waals surface area contributed by atoms with Crippen LogP contribution in [-0.2, 0) is 33.8 Å². The number of nitrogens with one attached hydrogen (secondary N) is 1. The Bertz CT molecular complexity index is 1180. The average Bonchev–Trinajstić information content (AvgIpc) is 2.97. The van der Waals surface area contributed by atoms with E-state index in [1.54, 1.807) is 7.11 Å². The van der Waals surface area contributed by atoms with Crippen molar-refractivity contribution in [1.82, 2.24) is 10.4 Å². The minimum absolute atomic E-state index is 0.107. The van der Waals surface area contributed by atoms with Crippen molar-refractivity contribution in [3.8, 4) is 5.75 Å². The van der Waals surface area contributed by atoms with Crippen molar-refractivity contribution in [1.29, 1.82) is 0 Å². The van der Waals surface area contributed by atoms with E-state index in [0.29, 0.717) is 13.0 Å². The Hall–Kier alpha value is -3.39. The molecule has 200 valence electrons. The van der Waals surface area contributed by atoms with Gasteiger partial charge in [0, 0.05) is 38.4 Å². The third-order valence-corrected chi connectivity index (χ3v) is 7.39. The van der Waals surface area contributed by atoms with Gasteiger partial charge in [-0.05, 0) is 59.4 Å². The second-order valence-electron chi connectivity index (χ2n) is 9.93. The van der Waals surface area contributed by atoms with E-state index in [9.17, 15) is 4.79 Å². The normalized spacial score (nSPS) is 17.6. The summed E-state index contributed by atoms with van der Waals surface area (Å²) in [6.07, 6.45) is 2.26. The first-order chi connectivity index (χ1) is 18.7. The number of fused-ring (bicyclic) bond motifs is 1. The lowest BCUT2D eigenvalue weighted by molar-refractivity contribution is -0.133. The lowest BCUT2D eigenvalue weighted by atomic mass is 9.93. The van der Waals surface area contributed by atoms with E-state index >= 15 is 0 Å². The second-order valence-corrected chi connectivity index (χ2v) is 9.93. The Labute approximate surface area is 225 Å². The molecule has 0 radical (unpaired) electrons. The number of benzene rings is 3. The molecule has 2 aliphatic rings. The molecule has 1 saturated heterocycles. The standard InChI is InChI=1S/C31H37N3O4/c1-36-28-10-8-27(9-11-28)34-18-16-33(17-19-34)15-13-30-29-12-7-25(21-26(29)14-20-37-30)22-31(35)32-38-23-24-5-3-2-4-6-24/h2-12,21,30H,13-20,22-23H2,1H3,(H,32,35). The number of nitrogens with zero attached hydrogens (tertiary/aromatic N) is 2. The maximum Gasteiger partial charge on any atom is 0.247 e. The van der Waals surface area contributed by atoms with Crippen LogP contribution in [0.2, 0.25) is 0 Å². The molecule has 0 aliphatic carbocycles. The van der Waals surface area contributed by atoms with Crippen LogP contribution in [0.25, 0.3) is 0 Å². The summed E-state index contributed by atoms with van der Waals surface area (Å²) in [6, 6.07) is 24.5. The first kappa shape index (κ1) is 26.2. The van der Waals surface area contributed by atoms with Gasteiger partial charge >= 0.3 is 0 Å². The number of hydroxylamine groups is 1. The van der Waals surface area contributed by atoms with Crippen LogP contribution in [-0.4, -0.2) is 57.2 Å². The smallest absolute Gasteiger partial charge is 0.247 e. The fourth-order valence-corrected chi connectivity index (χ4v) is 5.26. The first-order valence-corrected chi connectivity index (χ1v) is 13.5. The number of methoxy groups -OCH3 is 1. The number of hydrogen-bond donors (Lipinski definition) is 1. The highest BCUT2D eigenvalue weighted by Crippen LogP contribution is 2.31. The number of carbonyl (C=O) groups is 1. The quantitative estimate of drug-likeness (QED) is 0.406. The van der Waals surface area contributed by atoms with Crippen LogP contribution in [0.5, 0.6) is 5.75 Å².